The van der Waals surface area contributed by atoms with Crippen LogP contribution in [-0.2, 0) is 4.74 Å². The van der Waals surface area contributed by atoms with E-state index in [0.717, 1.165) is 19.5 Å². The van der Waals surface area contributed by atoms with Crippen LogP contribution < -0.4 is 0 Å². The monoisotopic (exact) mass is 262 g/mol. The van der Waals surface area contributed by atoms with Gasteiger partial charge >= 0.3 is 0 Å². The third kappa shape index (κ3) is 2.62. The van der Waals surface area contributed by atoms with Gasteiger partial charge in [-0.1, -0.05) is 20.8 Å². The minimum atomic E-state index is -0.397. The summed E-state index contributed by atoms with van der Waals surface area (Å²) in [6.45, 7) is 15.7. The van der Waals surface area contributed by atoms with E-state index in [1.165, 1.54) is 0 Å². The van der Waals surface area contributed by atoms with Crippen molar-refractivity contribution in [2.75, 3.05) is 19.7 Å². The van der Waals surface area contributed by atoms with E-state index in [9.17, 15) is 0 Å². The van der Waals surface area contributed by atoms with Crippen molar-refractivity contribution in [3.05, 3.63) is 0 Å². The minimum absolute atomic E-state index is 0.100. The predicted octanol–water partition coefficient (Wildman–Crippen LogP) is 3.09. The van der Waals surface area contributed by atoms with Gasteiger partial charge in [-0.2, -0.15) is 4.42 Å². The third-order valence-electron chi connectivity index (χ3n) is 3.90. The van der Waals surface area contributed by atoms with Crippen LogP contribution in [0.15, 0.2) is 0 Å². The second-order valence-corrected chi connectivity index (χ2v) is 5.92. The zero-order chi connectivity index (χ0) is 13.3. The minimum Gasteiger partial charge on any atom is -0.356 e. The molecule has 0 saturated carbocycles. The van der Waals surface area contributed by atoms with Crippen molar-refractivity contribution >= 4 is 11.8 Å². The molecule has 1 rings (SSSR count). The van der Waals surface area contributed by atoms with Gasteiger partial charge in [-0.15, -0.1) is 0 Å². The van der Waals surface area contributed by atoms with Crippen LogP contribution in [0.25, 0.3) is 0 Å². The molecule has 1 aliphatic heterocycles. The van der Waals surface area contributed by atoms with Gasteiger partial charge in [0.05, 0.1) is 18.2 Å². The van der Waals surface area contributed by atoms with Crippen LogP contribution in [0.2, 0.25) is 0 Å². The van der Waals surface area contributed by atoms with Gasteiger partial charge in [-0.3, -0.25) is 4.90 Å². The molecule has 0 amide bonds. The summed E-state index contributed by atoms with van der Waals surface area (Å²) < 4.78 is 7.94. The fraction of sp³-hybridized carbons (Fsp3) is 1.00. The van der Waals surface area contributed by atoms with E-state index in [1.54, 1.807) is 0 Å². The van der Waals surface area contributed by atoms with Crippen LogP contribution in [0, 0.1) is 0 Å². The number of hydrogen-bond donors (Lipinski definition) is 0. The van der Waals surface area contributed by atoms with Crippen LogP contribution in [0.5, 0.6) is 0 Å². The smallest absolute Gasteiger partial charge is 0.148 e. The Balaban J connectivity index is 2.95. The Labute approximate surface area is 111 Å². The fourth-order valence-corrected chi connectivity index (χ4v) is 3.11. The zero-order valence-electron chi connectivity index (χ0n) is 12.1. The van der Waals surface area contributed by atoms with E-state index in [2.05, 4.69) is 46.4 Å². The molecule has 17 heavy (non-hydrogen) atoms. The van der Waals surface area contributed by atoms with Crippen molar-refractivity contribution in [2.24, 2.45) is 0 Å². The summed E-state index contributed by atoms with van der Waals surface area (Å²) in [5.41, 5.74) is -0.497. The lowest BCUT2D eigenvalue weighted by atomic mass is 9.99. The molecular formula is C13H27ClN2O. The Hall–Kier alpha value is 0.170. The molecule has 0 aliphatic carbocycles. The SMILES string of the molecule is CCC(N(CC)CC)C1(C)OCC(C)(C)N1Cl. The quantitative estimate of drug-likeness (QED) is 0.708. The van der Waals surface area contributed by atoms with Crippen molar-refractivity contribution in [1.82, 2.24) is 9.32 Å². The maximum absolute atomic E-state index is 6.52. The molecule has 1 aliphatic rings. The second kappa shape index (κ2) is 5.43. The molecular weight excluding hydrogens is 236 g/mol. The van der Waals surface area contributed by atoms with Gasteiger partial charge in [-0.05, 0) is 52.1 Å². The predicted molar refractivity (Wildman–Crippen MR) is 73.1 cm³/mol. The lowest BCUT2D eigenvalue weighted by molar-refractivity contribution is -0.100. The number of hydrogen-bond acceptors (Lipinski definition) is 3. The molecule has 4 heteroatoms. The van der Waals surface area contributed by atoms with Crippen molar-refractivity contribution in [1.29, 1.82) is 0 Å². The third-order valence-corrected chi connectivity index (χ3v) is 4.69. The fourth-order valence-electron chi connectivity index (χ4n) is 2.90. The second-order valence-electron chi connectivity index (χ2n) is 5.58. The number of halogens is 1. The van der Waals surface area contributed by atoms with Gasteiger partial charge in [0.2, 0.25) is 0 Å². The highest BCUT2D eigenvalue weighted by Crippen LogP contribution is 2.41. The summed E-state index contributed by atoms with van der Waals surface area (Å²) in [5.74, 6) is 0. The average molecular weight is 263 g/mol. The van der Waals surface area contributed by atoms with Gasteiger partial charge in [0.1, 0.15) is 5.72 Å². The van der Waals surface area contributed by atoms with Crippen LogP contribution in [0.1, 0.15) is 48.0 Å². The number of nitrogens with zero attached hydrogens (tertiary/aromatic N) is 2. The van der Waals surface area contributed by atoms with E-state index in [0.29, 0.717) is 12.6 Å². The summed E-state index contributed by atoms with van der Waals surface area (Å²) in [5, 5.41) is 0. The van der Waals surface area contributed by atoms with Crippen molar-refractivity contribution < 1.29 is 4.74 Å². The van der Waals surface area contributed by atoms with E-state index in [4.69, 9.17) is 16.5 Å². The Bertz CT molecular complexity index is 256. The van der Waals surface area contributed by atoms with E-state index < -0.39 is 5.72 Å². The summed E-state index contributed by atoms with van der Waals surface area (Å²) >= 11 is 6.52. The van der Waals surface area contributed by atoms with Crippen molar-refractivity contribution in [2.45, 2.75) is 65.3 Å². The van der Waals surface area contributed by atoms with Crippen LogP contribution >= 0.6 is 11.8 Å². The summed E-state index contributed by atoms with van der Waals surface area (Å²) in [6, 6.07) is 0.330. The highest BCUT2D eigenvalue weighted by molar-refractivity contribution is 6.14. The largest absolute Gasteiger partial charge is 0.356 e. The maximum atomic E-state index is 6.52. The highest BCUT2D eigenvalue weighted by Gasteiger charge is 2.53. The molecule has 0 radical (unpaired) electrons. The maximum Gasteiger partial charge on any atom is 0.148 e. The zero-order valence-corrected chi connectivity index (χ0v) is 12.8. The molecule has 0 aromatic heterocycles. The summed E-state index contributed by atoms with van der Waals surface area (Å²) in [6.07, 6.45) is 1.04. The van der Waals surface area contributed by atoms with Gasteiger partial charge < -0.3 is 4.74 Å². The van der Waals surface area contributed by atoms with Gasteiger partial charge in [0.25, 0.3) is 0 Å². The molecule has 0 N–H and O–H groups in total. The summed E-state index contributed by atoms with van der Waals surface area (Å²) in [7, 11) is 0. The molecule has 3 nitrogen and oxygen atoms in total. The molecule has 0 aromatic rings. The van der Waals surface area contributed by atoms with Gasteiger partial charge in [0.15, 0.2) is 0 Å². The van der Waals surface area contributed by atoms with E-state index in [1.807, 2.05) is 4.42 Å². The van der Waals surface area contributed by atoms with Gasteiger partial charge in [-0.25, -0.2) is 0 Å². The van der Waals surface area contributed by atoms with E-state index >= 15 is 0 Å². The molecule has 1 saturated heterocycles. The summed E-state index contributed by atoms with van der Waals surface area (Å²) in [4.78, 5) is 2.43. The number of ether oxygens (including phenoxy) is 1. The van der Waals surface area contributed by atoms with Gasteiger partial charge in [0, 0.05) is 0 Å². The molecule has 102 valence electrons. The first kappa shape index (κ1) is 15.2. The Morgan fingerprint density at radius 3 is 2.06 bits per heavy atom. The number of rotatable bonds is 5. The Kier molecular flexibility index (Phi) is 4.87. The van der Waals surface area contributed by atoms with Crippen molar-refractivity contribution in [3.8, 4) is 0 Å². The molecule has 1 fully saturated rings. The first-order chi connectivity index (χ1) is 7.83. The molecule has 0 spiro atoms. The average Bonchev–Trinajstić information content (AvgIpc) is 2.51. The molecule has 2 atom stereocenters. The van der Waals surface area contributed by atoms with Crippen LogP contribution in [-0.4, -0.2) is 46.3 Å². The lowest BCUT2D eigenvalue weighted by Gasteiger charge is -2.44. The topological polar surface area (TPSA) is 15.7 Å². The molecule has 0 bridgehead atoms. The van der Waals surface area contributed by atoms with Crippen molar-refractivity contribution in [3.63, 3.8) is 0 Å². The number of likely N-dealkylation sites (N-methyl/N-ethyl adjacent to an activating group) is 1. The lowest BCUT2D eigenvalue weighted by Crippen LogP contribution is -2.58. The first-order valence-electron chi connectivity index (χ1n) is 6.67. The van der Waals surface area contributed by atoms with Crippen LogP contribution in [0.4, 0.5) is 0 Å². The molecule has 2 unspecified atom stereocenters. The normalized spacial score (nSPS) is 31.1. The first-order valence-corrected chi connectivity index (χ1v) is 7.01. The Morgan fingerprint density at radius 2 is 1.76 bits per heavy atom. The van der Waals surface area contributed by atoms with Crippen LogP contribution in [0.3, 0.4) is 0 Å². The Morgan fingerprint density at radius 1 is 1.24 bits per heavy atom. The highest BCUT2D eigenvalue weighted by atomic mass is 35.5. The van der Waals surface area contributed by atoms with E-state index in [-0.39, 0.29) is 5.54 Å². The molecule has 0 aromatic carbocycles. The molecule has 1 heterocycles. The standard InChI is InChI=1S/C13H27ClN2O/c1-7-11(15(8-2)9-3)13(6)16(14)12(4,5)10-17-13/h11H,7-10H2,1-6H3.